The fourth-order valence-electron chi connectivity index (χ4n) is 5.59. The van der Waals surface area contributed by atoms with E-state index in [-0.39, 0.29) is 17.4 Å². The van der Waals surface area contributed by atoms with Crippen molar-refractivity contribution in [2.45, 2.75) is 45.2 Å². The summed E-state index contributed by atoms with van der Waals surface area (Å²) in [6.45, 7) is 9.50. The summed E-state index contributed by atoms with van der Waals surface area (Å²) in [5.74, 6) is 0.135. The molecule has 3 amide bonds. The number of para-hydroxylation sites is 1. The number of aromatic nitrogens is 1. The third-order valence-electron chi connectivity index (χ3n) is 8.11. The molecule has 0 radical (unpaired) electrons. The summed E-state index contributed by atoms with van der Waals surface area (Å²) in [5.41, 5.74) is 4.30. The van der Waals surface area contributed by atoms with Crippen molar-refractivity contribution >= 4 is 45.0 Å². The third kappa shape index (κ3) is 7.79. The zero-order valence-electron chi connectivity index (χ0n) is 27.2. The van der Waals surface area contributed by atoms with Gasteiger partial charge in [0.15, 0.2) is 0 Å². The topological polar surface area (TPSA) is 123 Å². The number of amides is 3. The van der Waals surface area contributed by atoms with Crippen LogP contribution in [0.2, 0.25) is 0 Å². The quantitative estimate of drug-likeness (QED) is 0.153. The number of urea groups is 1. The number of hydrogen-bond donors (Lipinski definition) is 4. The zero-order valence-corrected chi connectivity index (χ0v) is 28.0. The van der Waals surface area contributed by atoms with Crippen molar-refractivity contribution in [2.75, 3.05) is 63.7 Å². The number of anilines is 2. The molecule has 0 saturated carbocycles. The average molecular weight is 626 g/mol. The summed E-state index contributed by atoms with van der Waals surface area (Å²) < 4.78 is 22.5. The van der Waals surface area contributed by atoms with Crippen LogP contribution < -0.4 is 25.4 Å². The Morgan fingerprint density at radius 2 is 1.86 bits per heavy atom. The van der Waals surface area contributed by atoms with Crippen molar-refractivity contribution in [1.82, 2.24) is 25.0 Å². The van der Waals surface area contributed by atoms with E-state index >= 15 is 0 Å². The molecule has 11 nitrogen and oxygen atoms in total. The Balaban J connectivity index is 1.45. The monoisotopic (exact) mass is 625 g/mol. The number of rotatable bonds is 10. The van der Waals surface area contributed by atoms with Crippen LogP contribution >= 0.6 is 0 Å². The van der Waals surface area contributed by atoms with Gasteiger partial charge in [-0.1, -0.05) is 0 Å². The van der Waals surface area contributed by atoms with Gasteiger partial charge < -0.3 is 20.4 Å². The van der Waals surface area contributed by atoms with Crippen molar-refractivity contribution in [1.29, 1.82) is 0 Å². The molecule has 0 bridgehead atoms. The molecule has 1 aromatic heterocycles. The number of nitrogens with zero attached hydrogens (tertiary/aromatic N) is 3. The number of benzene rings is 2. The Morgan fingerprint density at radius 3 is 2.50 bits per heavy atom. The molecule has 1 saturated heterocycles. The molecule has 2 aromatic carbocycles. The van der Waals surface area contributed by atoms with E-state index in [0.717, 1.165) is 41.5 Å². The molecular formula is C32H47N7O4S. The minimum atomic E-state index is -1.33. The standard InChI is InChI=1S/C32H47N7O4S/c1-32(2,3)23-17-25(29(43-7)26(18-23)36-44(8)42)35-30(40)27-16-21-10-9-11-22(28(21)38(27)6)19-33-13-14-34-31(41)39-15-12-24(20-39)37(4)5/h9-11,16-18,24,33,36H,12-15,19-20H2,1-8H3,(H,34,41)(H,35,40). The van der Waals surface area contributed by atoms with Crippen LogP contribution in [-0.4, -0.2) is 86.0 Å². The Kier molecular flexibility index (Phi) is 10.7. The minimum absolute atomic E-state index is 0.0214. The van der Waals surface area contributed by atoms with E-state index in [1.54, 1.807) is 6.26 Å². The van der Waals surface area contributed by atoms with Crippen LogP contribution in [0, 0.1) is 0 Å². The fourth-order valence-corrected chi connectivity index (χ4v) is 6.06. The van der Waals surface area contributed by atoms with E-state index in [1.165, 1.54) is 7.11 Å². The van der Waals surface area contributed by atoms with Gasteiger partial charge in [0.1, 0.15) is 0 Å². The van der Waals surface area contributed by atoms with Crippen LogP contribution in [0.25, 0.3) is 10.9 Å². The summed E-state index contributed by atoms with van der Waals surface area (Å²) in [4.78, 5) is 30.3. The van der Waals surface area contributed by atoms with Gasteiger partial charge >= 0.3 is 185 Å². The molecule has 1 aliphatic heterocycles. The average Bonchev–Trinajstić information content (AvgIpc) is 3.58. The number of fused-ring (bicyclic) bond motifs is 1. The predicted octanol–water partition coefficient (Wildman–Crippen LogP) is 4.09. The van der Waals surface area contributed by atoms with Crippen LogP contribution in [0.5, 0.6) is 5.75 Å². The van der Waals surface area contributed by atoms with Crippen molar-refractivity contribution in [3.8, 4) is 5.75 Å². The maximum absolute atomic E-state index is 13.7. The number of likely N-dealkylation sites (N-methyl/N-ethyl adjacent to an activating group) is 1. The van der Waals surface area contributed by atoms with Gasteiger partial charge in [-0.15, -0.1) is 0 Å². The van der Waals surface area contributed by atoms with Crippen LogP contribution in [0.4, 0.5) is 16.2 Å². The Morgan fingerprint density at radius 1 is 1.14 bits per heavy atom. The molecule has 0 spiro atoms. The second-order valence-corrected chi connectivity index (χ2v) is 13.7. The molecule has 44 heavy (non-hydrogen) atoms. The normalized spacial score (nSPS) is 15.3. The zero-order chi connectivity index (χ0) is 32.2. The molecule has 1 fully saturated rings. The fraction of sp³-hybridized carbons (Fsp3) is 0.500. The van der Waals surface area contributed by atoms with Gasteiger partial charge in [0.25, 0.3) is 0 Å². The number of methoxy groups -OCH3 is 1. The molecule has 2 heterocycles. The first kappa shape index (κ1) is 33.4. The number of likely N-dealkylation sites (tertiary alicyclic amines) is 1. The Labute approximate surface area is 262 Å². The van der Waals surface area contributed by atoms with Gasteiger partial charge in [-0.2, -0.15) is 0 Å². The molecule has 1 unspecified atom stereocenters. The number of hydrogen-bond acceptors (Lipinski definition) is 7. The maximum atomic E-state index is 13.7. The second kappa shape index (κ2) is 14.1. The molecule has 240 valence electrons. The molecule has 12 heteroatoms. The molecule has 1 atom stereocenters. The molecule has 4 rings (SSSR count). The van der Waals surface area contributed by atoms with Crippen molar-refractivity contribution in [3.63, 3.8) is 0 Å². The van der Waals surface area contributed by atoms with E-state index in [4.69, 9.17) is 4.74 Å². The van der Waals surface area contributed by atoms with Crippen LogP contribution in [0.15, 0.2) is 36.4 Å². The Bertz CT molecular complexity index is 1590. The van der Waals surface area contributed by atoms with E-state index in [1.807, 2.05) is 67.0 Å². The first-order chi connectivity index (χ1) is 20.8. The molecule has 1 aliphatic rings. The van der Waals surface area contributed by atoms with Crippen molar-refractivity contribution in [3.05, 3.63) is 53.2 Å². The van der Waals surface area contributed by atoms with E-state index in [2.05, 4.69) is 46.3 Å². The predicted molar refractivity (Wildman–Crippen MR) is 179 cm³/mol. The molecular weight excluding hydrogens is 578 g/mol. The molecule has 4 N–H and O–H groups in total. The SMILES string of the molecule is COc1c(NC(=O)c2cc3cccc(CNCCNC(=O)N4CCC(N(C)C)C4)c3n2C)cc(C(C)(C)C)cc1N[S-](C)#[O+]. The number of aryl methyl sites for hydroxylation is 1. The third-order valence-corrected chi connectivity index (χ3v) is 8.62. The number of carbonyl (C=O) groups is 2. The van der Waals surface area contributed by atoms with Gasteiger partial charge in [0.05, 0.1) is 0 Å². The van der Waals surface area contributed by atoms with E-state index < -0.39 is 10.8 Å². The van der Waals surface area contributed by atoms with Crippen LogP contribution in [-0.2, 0) is 33.9 Å². The summed E-state index contributed by atoms with van der Waals surface area (Å²) >= 11 is 0. The molecule has 0 aliphatic carbocycles. The molecule has 3 aromatic rings. The summed E-state index contributed by atoms with van der Waals surface area (Å²) in [6, 6.07) is 12.1. The van der Waals surface area contributed by atoms with Gasteiger partial charge in [-0.3, -0.25) is 0 Å². The number of ether oxygens (including phenoxy) is 1. The summed E-state index contributed by atoms with van der Waals surface area (Å²) in [6.07, 6.45) is 2.55. The summed E-state index contributed by atoms with van der Waals surface area (Å²) in [5, 5.41) is 10.4. The number of nitrogens with one attached hydrogen (secondary N) is 4. The number of carbonyl (C=O) groups excluding carboxylic acids is 2. The van der Waals surface area contributed by atoms with Crippen LogP contribution in [0.3, 0.4) is 0 Å². The van der Waals surface area contributed by atoms with Crippen molar-refractivity contribution in [2.24, 2.45) is 7.05 Å². The van der Waals surface area contributed by atoms with Gasteiger partial charge in [0, 0.05) is 32.2 Å². The van der Waals surface area contributed by atoms with Gasteiger partial charge in [-0.05, 0) is 20.5 Å². The first-order valence-corrected chi connectivity index (χ1v) is 16.5. The van der Waals surface area contributed by atoms with E-state index in [9.17, 15) is 13.6 Å². The van der Waals surface area contributed by atoms with Gasteiger partial charge in [-0.25, -0.2) is 4.79 Å². The Hall–Kier alpha value is -3.45. The van der Waals surface area contributed by atoms with Crippen molar-refractivity contribution < 1.29 is 18.4 Å². The van der Waals surface area contributed by atoms with Crippen LogP contribution in [0.1, 0.15) is 48.8 Å². The summed E-state index contributed by atoms with van der Waals surface area (Å²) in [7, 11) is 6.18. The second-order valence-electron chi connectivity index (χ2n) is 12.6. The first-order valence-electron chi connectivity index (χ1n) is 14.9. The van der Waals surface area contributed by atoms with Gasteiger partial charge in [0.2, 0.25) is 0 Å². The van der Waals surface area contributed by atoms with E-state index in [0.29, 0.717) is 48.5 Å².